The molecule has 0 saturated heterocycles. The van der Waals surface area contributed by atoms with Crippen molar-refractivity contribution in [3.8, 4) is 0 Å². The third kappa shape index (κ3) is 3.07. The maximum absolute atomic E-state index is 6.41. The number of benzene rings is 3. The second-order valence-electron chi connectivity index (χ2n) is 7.27. The highest BCUT2D eigenvalue weighted by atomic mass is 15.4. The lowest BCUT2D eigenvalue weighted by Gasteiger charge is -2.44. The quantitative estimate of drug-likeness (QED) is 0.626. The normalized spacial score (nSPS) is 16.1. The maximum Gasteiger partial charge on any atom is 0.0595 e. The summed E-state index contributed by atoms with van der Waals surface area (Å²) >= 11 is 0. The molecule has 0 amide bonds. The summed E-state index contributed by atoms with van der Waals surface area (Å²) in [5.74, 6) is 6.41. The number of hydrogen-bond donors (Lipinski definition) is 3. The summed E-state index contributed by atoms with van der Waals surface area (Å²) in [7, 11) is 0. The van der Waals surface area contributed by atoms with Crippen molar-refractivity contribution in [2.45, 2.75) is 25.0 Å². The van der Waals surface area contributed by atoms with E-state index in [2.05, 4.69) is 72.8 Å². The fourth-order valence-electron chi connectivity index (χ4n) is 4.25. The van der Waals surface area contributed by atoms with Gasteiger partial charge < -0.3 is 11.5 Å². The number of hydrogen-bond acceptors (Lipinski definition) is 4. The van der Waals surface area contributed by atoms with Gasteiger partial charge in [0.15, 0.2) is 0 Å². The smallest absolute Gasteiger partial charge is 0.0595 e. The zero-order valence-electron chi connectivity index (χ0n) is 15.4. The highest BCUT2D eigenvalue weighted by Gasteiger charge is 2.42. The van der Waals surface area contributed by atoms with Crippen LogP contribution in [0.4, 0.5) is 0 Å². The van der Waals surface area contributed by atoms with Crippen molar-refractivity contribution in [1.82, 2.24) is 5.01 Å². The van der Waals surface area contributed by atoms with Gasteiger partial charge in [-0.15, -0.1) is 0 Å². The van der Waals surface area contributed by atoms with Gasteiger partial charge in [0.2, 0.25) is 0 Å². The molecule has 0 saturated carbocycles. The minimum Gasteiger partial charge on any atom is -0.326 e. The van der Waals surface area contributed by atoms with Crippen LogP contribution in [-0.2, 0) is 25.0 Å². The molecule has 0 fully saturated rings. The van der Waals surface area contributed by atoms with Gasteiger partial charge in [-0.1, -0.05) is 72.8 Å². The van der Waals surface area contributed by atoms with Crippen LogP contribution in [0.3, 0.4) is 0 Å². The molecule has 1 heterocycles. The second-order valence-corrected chi connectivity index (χ2v) is 7.27. The first-order valence-electron chi connectivity index (χ1n) is 9.34. The van der Waals surface area contributed by atoms with Crippen LogP contribution in [0.5, 0.6) is 0 Å². The molecule has 0 aromatic heterocycles. The molecule has 4 rings (SSSR count). The highest BCUT2D eigenvalue weighted by Crippen LogP contribution is 2.44. The summed E-state index contributed by atoms with van der Waals surface area (Å²) in [6, 6.07) is 25.8. The topological polar surface area (TPSA) is 81.3 Å². The van der Waals surface area contributed by atoms with Crippen molar-refractivity contribution in [3.05, 3.63) is 106 Å². The fourth-order valence-corrected chi connectivity index (χ4v) is 4.25. The predicted octanol–water partition coefficient (Wildman–Crippen LogP) is 2.63. The minimum absolute atomic E-state index is 0.330. The Kier molecular flexibility index (Phi) is 4.81. The highest BCUT2D eigenvalue weighted by molar-refractivity contribution is 5.55. The first-order chi connectivity index (χ1) is 13.2. The molecule has 4 heteroatoms. The number of nitrogens with two attached hydrogens (primary N) is 3. The van der Waals surface area contributed by atoms with E-state index in [4.69, 9.17) is 17.3 Å². The van der Waals surface area contributed by atoms with Gasteiger partial charge in [0.25, 0.3) is 0 Å². The molecule has 0 unspecified atom stereocenters. The molecule has 1 aliphatic rings. The molecule has 1 aliphatic heterocycles. The monoisotopic (exact) mass is 358 g/mol. The Morgan fingerprint density at radius 2 is 1.26 bits per heavy atom. The van der Waals surface area contributed by atoms with Crippen LogP contribution in [0.1, 0.15) is 33.4 Å². The lowest BCUT2D eigenvalue weighted by atomic mass is 9.66. The average Bonchev–Trinajstić information content (AvgIpc) is 2.73. The van der Waals surface area contributed by atoms with E-state index in [1.807, 2.05) is 5.01 Å². The van der Waals surface area contributed by atoms with Gasteiger partial charge >= 0.3 is 0 Å². The van der Waals surface area contributed by atoms with E-state index >= 15 is 0 Å². The molecule has 6 N–H and O–H groups in total. The van der Waals surface area contributed by atoms with Crippen LogP contribution in [0.2, 0.25) is 0 Å². The van der Waals surface area contributed by atoms with E-state index in [1.54, 1.807) is 0 Å². The summed E-state index contributed by atoms with van der Waals surface area (Å²) in [4.78, 5) is 0. The molecule has 0 spiro atoms. The molecule has 0 radical (unpaired) electrons. The average molecular weight is 358 g/mol. The Hall–Kier alpha value is -2.50. The van der Waals surface area contributed by atoms with E-state index in [-0.39, 0.29) is 5.41 Å². The van der Waals surface area contributed by atoms with Gasteiger partial charge in [0, 0.05) is 26.2 Å². The molecule has 3 aromatic rings. The largest absolute Gasteiger partial charge is 0.326 e. The van der Waals surface area contributed by atoms with Crippen LogP contribution in [0.15, 0.2) is 72.8 Å². The van der Waals surface area contributed by atoms with Gasteiger partial charge in [0.05, 0.1) is 5.41 Å². The number of fused-ring (bicyclic) bond motifs is 1. The molecule has 138 valence electrons. The van der Waals surface area contributed by atoms with Crippen molar-refractivity contribution >= 4 is 0 Å². The minimum atomic E-state index is -0.330. The van der Waals surface area contributed by atoms with Gasteiger partial charge in [-0.05, 0) is 33.4 Å². The zero-order chi connectivity index (χ0) is 18.9. The van der Waals surface area contributed by atoms with E-state index in [0.717, 1.165) is 17.7 Å². The van der Waals surface area contributed by atoms with E-state index in [1.165, 1.54) is 22.3 Å². The molecular weight excluding hydrogens is 332 g/mol. The van der Waals surface area contributed by atoms with E-state index in [9.17, 15) is 0 Å². The molecule has 0 bridgehead atoms. The Labute approximate surface area is 160 Å². The van der Waals surface area contributed by atoms with E-state index in [0.29, 0.717) is 19.6 Å². The number of rotatable bonds is 4. The summed E-state index contributed by atoms with van der Waals surface area (Å²) in [5, 5.41) is 1.91. The Balaban J connectivity index is 1.97. The molecule has 0 aliphatic carbocycles. The Bertz CT molecular complexity index is 868. The van der Waals surface area contributed by atoms with Crippen LogP contribution in [0.25, 0.3) is 0 Å². The fraction of sp³-hybridized carbons (Fsp3) is 0.217. The van der Waals surface area contributed by atoms with Crippen molar-refractivity contribution in [2.24, 2.45) is 17.3 Å². The molecular formula is C23H26N4. The maximum atomic E-state index is 6.41. The summed E-state index contributed by atoms with van der Waals surface area (Å²) in [6.45, 7) is 2.55. The van der Waals surface area contributed by atoms with Crippen LogP contribution in [0, 0.1) is 0 Å². The second kappa shape index (κ2) is 7.25. The van der Waals surface area contributed by atoms with Crippen molar-refractivity contribution in [3.63, 3.8) is 0 Å². The molecule has 4 nitrogen and oxygen atoms in total. The zero-order valence-corrected chi connectivity index (χ0v) is 15.4. The lowest BCUT2D eigenvalue weighted by Crippen LogP contribution is -2.50. The third-order valence-electron chi connectivity index (χ3n) is 5.66. The Morgan fingerprint density at radius 3 is 1.78 bits per heavy atom. The first kappa shape index (κ1) is 17.9. The van der Waals surface area contributed by atoms with Crippen molar-refractivity contribution in [2.75, 3.05) is 6.54 Å². The summed E-state index contributed by atoms with van der Waals surface area (Å²) in [5.41, 5.74) is 18.6. The van der Waals surface area contributed by atoms with Crippen molar-refractivity contribution < 1.29 is 0 Å². The van der Waals surface area contributed by atoms with Crippen molar-refractivity contribution in [1.29, 1.82) is 0 Å². The Morgan fingerprint density at radius 1 is 0.741 bits per heavy atom. The van der Waals surface area contributed by atoms with Crippen LogP contribution < -0.4 is 17.3 Å². The van der Waals surface area contributed by atoms with Gasteiger partial charge in [-0.25, -0.2) is 5.01 Å². The number of hydrazine groups is 1. The van der Waals surface area contributed by atoms with Crippen LogP contribution >= 0.6 is 0 Å². The molecule has 27 heavy (non-hydrogen) atoms. The van der Waals surface area contributed by atoms with E-state index < -0.39 is 0 Å². The summed E-state index contributed by atoms with van der Waals surface area (Å²) in [6.07, 6.45) is 0. The van der Waals surface area contributed by atoms with Crippen LogP contribution in [-0.4, -0.2) is 11.6 Å². The standard InChI is InChI=1S/C23H26N4/c24-13-17-5-9-20(10-6-17)23(21-11-7-18(14-25)8-12-21)16-27(26)15-19-3-1-2-4-22(19)23/h1-12H,13-16,24-26H2. The third-order valence-corrected chi connectivity index (χ3v) is 5.66. The molecule has 3 aromatic carbocycles. The summed E-state index contributed by atoms with van der Waals surface area (Å²) < 4.78 is 0. The first-order valence-corrected chi connectivity index (χ1v) is 9.34. The number of nitrogens with zero attached hydrogens (tertiary/aromatic N) is 1. The van der Waals surface area contributed by atoms with Gasteiger partial charge in [0.1, 0.15) is 0 Å². The van der Waals surface area contributed by atoms with Gasteiger partial charge in [-0.3, -0.25) is 5.84 Å². The SMILES string of the molecule is NCc1ccc(C2(c3ccc(CN)cc3)CN(N)Cc3ccccc32)cc1. The lowest BCUT2D eigenvalue weighted by molar-refractivity contribution is 0.218. The predicted molar refractivity (Wildman–Crippen MR) is 110 cm³/mol. The van der Waals surface area contributed by atoms with Gasteiger partial charge in [-0.2, -0.15) is 0 Å². The molecule has 0 atom stereocenters.